The van der Waals surface area contributed by atoms with Crippen LogP contribution in [0.15, 0.2) is 18.2 Å². The normalized spacial score (nSPS) is 13.8. The fraction of sp³-hybridized carbons (Fsp3) is 0.385. The van der Waals surface area contributed by atoms with E-state index in [1.54, 1.807) is 0 Å². The standard InChI is InChI=1S/C13H15N3O4/c1-2-14-7-4-8-15-12(17)9-5-3-6-10(16(19)20)11(9)13(15)18/h3,5-6,14H,2,4,7-8H2,1H3. The number of carbonyl (C=O) groups is 2. The summed E-state index contributed by atoms with van der Waals surface area (Å²) in [5.74, 6) is -1.03. The van der Waals surface area contributed by atoms with Crippen molar-refractivity contribution in [3.8, 4) is 0 Å². The Morgan fingerprint density at radius 1 is 1.30 bits per heavy atom. The summed E-state index contributed by atoms with van der Waals surface area (Å²) >= 11 is 0. The van der Waals surface area contributed by atoms with Crippen LogP contribution in [0.3, 0.4) is 0 Å². The fourth-order valence-corrected chi connectivity index (χ4v) is 2.21. The summed E-state index contributed by atoms with van der Waals surface area (Å²) in [6.07, 6.45) is 0.618. The summed E-state index contributed by atoms with van der Waals surface area (Å²) in [4.78, 5) is 35.7. The average molecular weight is 277 g/mol. The minimum absolute atomic E-state index is 0.0917. The Hall–Kier alpha value is -2.28. The Bertz CT molecular complexity index is 571. The third-order valence-electron chi connectivity index (χ3n) is 3.16. The molecule has 0 spiro atoms. The summed E-state index contributed by atoms with van der Waals surface area (Å²) in [5, 5.41) is 14.0. The topological polar surface area (TPSA) is 92.6 Å². The summed E-state index contributed by atoms with van der Waals surface area (Å²) in [7, 11) is 0. The van der Waals surface area contributed by atoms with Crippen LogP contribution in [0, 0.1) is 10.1 Å². The van der Waals surface area contributed by atoms with Gasteiger partial charge in [-0.3, -0.25) is 24.6 Å². The monoisotopic (exact) mass is 277 g/mol. The number of nitrogens with zero attached hydrogens (tertiary/aromatic N) is 2. The van der Waals surface area contributed by atoms with Crippen LogP contribution in [0.5, 0.6) is 0 Å². The van der Waals surface area contributed by atoms with Crippen molar-refractivity contribution in [3.63, 3.8) is 0 Å². The predicted molar refractivity (Wildman–Crippen MR) is 71.6 cm³/mol. The first-order chi connectivity index (χ1) is 9.57. The Morgan fingerprint density at radius 3 is 2.70 bits per heavy atom. The number of nitro benzene ring substituents is 1. The molecule has 2 amide bonds. The molecule has 0 saturated heterocycles. The predicted octanol–water partition coefficient (Wildman–Crippen LogP) is 1.19. The van der Waals surface area contributed by atoms with Gasteiger partial charge in [-0.15, -0.1) is 0 Å². The van der Waals surface area contributed by atoms with Gasteiger partial charge in [-0.05, 0) is 25.6 Å². The highest BCUT2D eigenvalue weighted by Crippen LogP contribution is 2.30. The van der Waals surface area contributed by atoms with Gasteiger partial charge in [-0.25, -0.2) is 0 Å². The second-order valence-electron chi connectivity index (χ2n) is 4.43. The number of carbonyl (C=O) groups excluding carboxylic acids is 2. The lowest BCUT2D eigenvalue weighted by atomic mass is 10.1. The third-order valence-corrected chi connectivity index (χ3v) is 3.16. The lowest BCUT2D eigenvalue weighted by molar-refractivity contribution is -0.385. The molecule has 1 heterocycles. The first-order valence-electron chi connectivity index (χ1n) is 6.42. The minimum Gasteiger partial charge on any atom is -0.317 e. The van der Waals surface area contributed by atoms with E-state index in [0.29, 0.717) is 13.0 Å². The summed E-state index contributed by atoms with van der Waals surface area (Å²) in [5.41, 5.74) is -0.284. The van der Waals surface area contributed by atoms with Crippen LogP contribution in [0.25, 0.3) is 0 Å². The molecule has 0 radical (unpaired) electrons. The molecule has 2 rings (SSSR count). The largest absolute Gasteiger partial charge is 0.317 e. The maximum Gasteiger partial charge on any atom is 0.282 e. The maximum atomic E-state index is 12.2. The van der Waals surface area contributed by atoms with Crippen LogP contribution in [-0.2, 0) is 0 Å². The summed E-state index contributed by atoms with van der Waals surface area (Å²) in [6.45, 7) is 3.72. The second kappa shape index (κ2) is 5.79. The third kappa shape index (κ3) is 2.39. The Kier molecular flexibility index (Phi) is 4.09. The number of hydrogen-bond donors (Lipinski definition) is 1. The lowest BCUT2D eigenvalue weighted by Gasteiger charge is -2.13. The van der Waals surface area contributed by atoms with E-state index in [2.05, 4.69) is 5.32 Å². The maximum absolute atomic E-state index is 12.2. The molecule has 0 atom stereocenters. The van der Waals surface area contributed by atoms with Crippen LogP contribution < -0.4 is 5.32 Å². The highest BCUT2D eigenvalue weighted by atomic mass is 16.6. The number of nitrogens with one attached hydrogen (secondary N) is 1. The van der Waals surface area contributed by atoms with Crippen LogP contribution in [0.4, 0.5) is 5.69 Å². The highest BCUT2D eigenvalue weighted by Gasteiger charge is 2.40. The zero-order valence-electron chi connectivity index (χ0n) is 11.1. The van der Waals surface area contributed by atoms with E-state index >= 15 is 0 Å². The molecule has 0 saturated carbocycles. The molecule has 0 bridgehead atoms. The van der Waals surface area contributed by atoms with Crippen molar-refractivity contribution >= 4 is 17.5 Å². The average Bonchev–Trinajstić information content (AvgIpc) is 2.68. The highest BCUT2D eigenvalue weighted by molar-refractivity contribution is 6.23. The number of nitro groups is 1. The van der Waals surface area contributed by atoms with E-state index in [1.165, 1.54) is 18.2 Å². The molecule has 1 N–H and O–H groups in total. The molecule has 1 aliphatic heterocycles. The molecule has 0 aliphatic carbocycles. The lowest BCUT2D eigenvalue weighted by Crippen LogP contribution is -2.32. The van der Waals surface area contributed by atoms with E-state index < -0.39 is 16.7 Å². The first-order valence-corrected chi connectivity index (χ1v) is 6.42. The zero-order chi connectivity index (χ0) is 14.7. The van der Waals surface area contributed by atoms with Crippen LogP contribution >= 0.6 is 0 Å². The Labute approximate surface area is 115 Å². The molecule has 0 aromatic heterocycles. The van der Waals surface area contributed by atoms with E-state index in [-0.39, 0.29) is 23.4 Å². The number of hydrogen-bond acceptors (Lipinski definition) is 5. The molecule has 1 aliphatic rings. The SMILES string of the molecule is CCNCCCN1C(=O)c2cccc([N+](=O)[O-])c2C1=O. The molecular weight excluding hydrogens is 262 g/mol. The van der Waals surface area contributed by atoms with Gasteiger partial charge < -0.3 is 5.32 Å². The van der Waals surface area contributed by atoms with Gasteiger partial charge in [-0.1, -0.05) is 13.0 Å². The van der Waals surface area contributed by atoms with Crippen molar-refractivity contribution < 1.29 is 14.5 Å². The molecule has 20 heavy (non-hydrogen) atoms. The van der Waals surface area contributed by atoms with Crippen molar-refractivity contribution in [2.45, 2.75) is 13.3 Å². The fourth-order valence-electron chi connectivity index (χ4n) is 2.21. The van der Waals surface area contributed by atoms with E-state index in [4.69, 9.17) is 0 Å². The quantitative estimate of drug-likeness (QED) is 0.365. The number of amides is 2. The second-order valence-corrected chi connectivity index (χ2v) is 4.43. The summed E-state index contributed by atoms with van der Waals surface area (Å²) in [6, 6.07) is 4.11. The van der Waals surface area contributed by atoms with E-state index in [0.717, 1.165) is 11.4 Å². The Balaban J connectivity index is 2.22. The molecule has 1 aromatic carbocycles. The van der Waals surface area contributed by atoms with Gasteiger partial charge >= 0.3 is 0 Å². The number of rotatable bonds is 6. The van der Waals surface area contributed by atoms with Crippen molar-refractivity contribution in [2.75, 3.05) is 19.6 Å². The molecule has 7 nitrogen and oxygen atoms in total. The van der Waals surface area contributed by atoms with Crippen molar-refractivity contribution in [3.05, 3.63) is 39.4 Å². The smallest absolute Gasteiger partial charge is 0.282 e. The van der Waals surface area contributed by atoms with Gasteiger partial charge in [-0.2, -0.15) is 0 Å². The van der Waals surface area contributed by atoms with Crippen molar-refractivity contribution in [2.24, 2.45) is 0 Å². The van der Waals surface area contributed by atoms with Crippen LogP contribution in [-0.4, -0.2) is 41.3 Å². The molecule has 0 unspecified atom stereocenters. The molecule has 0 fully saturated rings. The van der Waals surface area contributed by atoms with Crippen LogP contribution in [0.1, 0.15) is 34.1 Å². The van der Waals surface area contributed by atoms with Gasteiger partial charge in [0, 0.05) is 12.6 Å². The molecule has 7 heteroatoms. The van der Waals surface area contributed by atoms with Gasteiger partial charge in [0.2, 0.25) is 0 Å². The van der Waals surface area contributed by atoms with Crippen LogP contribution in [0.2, 0.25) is 0 Å². The molecule has 106 valence electrons. The minimum atomic E-state index is -0.633. The van der Waals surface area contributed by atoms with Gasteiger partial charge in [0.15, 0.2) is 0 Å². The Morgan fingerprint density at radius 2 is 2.05 bits per heavy atom. The number of benzene rings is 1. The zero-order valence-corrected chi connectivity index (χ0v) is 11.1. The van der Waals surface area contributed by atoms with Gasteiger partial charge in [0.1, 0.15) is 5.56 Å². The summed E-state index contributed by atoms with van der Waals surface area (Å²) < 4.78 is 0. The first kappa shape index (κ1) is 14.1. The number of fused-ring (bicyclic) bond motifs is 1. The van der Waals surface area contributed by atoms with E-state index in [1.807, 2.05) is 6.92 Å². The molecular formula is C13H15N3O4. The van der Waals surface area contributed by atoms with Gasteiger partial charge in [0.25, 0.3) is 17.5 Å². The van der Waals surface area contributed by atoms with Crippen molar-refractivity contribution in [1.29, 1.82) is 0 Å². The van der Waals surface area contributed by atoms with Gasteiger partial charge in [0.05, 0.1) is 10.5 Å². The number of imide groups is 1. The molecule has 1 aromatic rings. The van der Waals surface area contributed by atoms with Crippen molar-refractivity contribution in [1.82, 2.24) is 10.2 Å². The van der Waals surface area contributed by atoms with E-state index in [9.17, 15) is 19.7 Å².